The Balaban J connectivity index is 1.17. The van der Waals surface area contributed by atoms with Gasteiger partial charge in [0.1, 0.15) is 5.82 Å². The fraction of sp³-hybridized carbons (Fsp3) is 0.406. The molecule has 1 unspecified atom stereocenters. The van der Waals surface area contributed by atoms with Crippen LogP contribution in [0.15, 0.2) is 66.0 Å². The molecule has 1 atom stereocenters. The Labute approximate surface area is 240 Å². The molecule has 1 N–H and O–H groups in total. The number of thiophene rings is 1. The van der Waals surface area contributed by atoms with Crippen LogP contribution in [0.3, 0.4) is 0 Å². The highest BCUT2D eigenvalue weighted by molar-refractivity contribution is 7.09. The van der Waals surface area contributed by atoms with E-state index in [4.69, 9.17) is 4.98 Å². The molecular formula is C32H39N5O2S. The molecule has 0 saturated carbocycles. The second-order valence-electron chi connectivity index (χ2n) is 10.8. The summed E-state index contributed by atoms with van der Waals surface area (Å²) in [7, 11) is 2.16. The molecule has 0 bridgehead atoms. The van der Waals surface area contributed by atoms with Crippen LogP contribution in [-0.4, -0.2) is 63.9 Å². The van der Waals surface area contributed by atoms with Crippen LogP contribution < -0.4 is 5.32 Å². The lowest BCUT2D eigenvalue weighted by Gasteiger charge is -2.37. The molecule has 4 aromatic rings. The standard InChI is InChI=1S/C32H39N5O2S/c1-4-23(2)37-29-13-12-25(19-28(29)34-30(37)20-27-11-8-18-40-27)32(39)33-21-31(38)36-16-14-26(15-17-36)35(3)22-24-9-6-5-7-10-24/h5-13,18-19,23,26H,4,14-17,20-22H2,1-3H3,(H,33,39). The molecule has 1 aliphatic heterocycles. The maximum Gasteiger partial charge on any atom is 0.251 e. The van der Waals surface area contributed by atoms with Gasteiger partial charge in [-0.25, -0.2) is 4.98 Å². The van der Waals surface area contributed by atoms with Crippen LogP contribution in [-0.2, 0) is 17.8 Å². The third-order valence-electron chi connectivity index (χ3n) is 8.08. The van der Waals surface area contributed by atoms with E-state index in [0.717, 1.165) is 49.1 Å². The van der Waals surface area contributed by atoms with Gasteiger partial charge in [0.2, 0.25) is 5.91 Å². The van der Waals surface area contributed by atoms with Gasteiger partial charge in [-0.2, -0.15) is 0 Å². The van der Waals surface area contributed by atoms with Crippen molar-refractivity contribution in [2.45, 2.75) is 58.2 Å². The van der Waals surface area contributed by atoms with Gasteiger partial charge in [-0.05, 0) is 68.4 Å². The van der Waals surface area contributed by atoms with Crippen molar-refractivity contribution >= 4 is 34.2 Å². The van der Waals surface area contributed by atoms with Crippen LogP contribution in [0.2, 0.25) is 0 Å². The van der Waals surface area contributed by atoms with Gasteiger partial charge in [0.15, 0.2) is 0 Å². The van der Waals surface area contributed by atoms with Gasteiger partial charge in [0.05, 0.1) is 17.6 Å². The fourth-order valence-corrected chi connectivity index (χ4v) is 6.29. The molecule has 0 spiro atoms. The molecule has 1 aliphatic rings. The Hall–Kier alpha value is -3.49. The number of fused-ring (bicyclic) bond motifs is 1. The maximum atomic E-state index is 13.0. The number of hydrogen-bond donors (Lipinski definition) is 1. The first-order chi connectivity index (χ1) is 19.4. The summed E-state index contributed by atoms with van der Waals surface area (Å²) < 4.78 is 2.29. The van der Waals surface area contributed by atoms with Crippen molar-refractivity contribution in [3.05, 3.63) is 87.9 Å². The lowest BCUT2D eigenvalue weighted by Crippen LogP contribution is -2.48. The summed E-state index contributed by atoms with van der Waals surface area (Å²) in [5.41, 5.74) is 3.67. The van der Waals surface area contributed by atoms with Crippen LogP contribution in [0.4, 0.5) is 0 Å². The number of carbonyl (C=O) groups excluding carboxylic acids is 2. The molecular weight excluding hydrogens is 518 g/mol. The Bertz CT molecular complexity index is 1420. The smallest absolute Gasteiger partial charge is 0.251 e. The molecule has 2 aromatic carbocycles. The van der Waals surface area contributed by atoms with Crippen molar-refractivity contribution < 1.29 is 9.59 Å². The van der Waals surface area contributed by atoms with E-state index in [1.165, 1.54) is 10.4 Å². The van der Waals surface area contributed by atoms with E-state index in [2.05, 4.69) is 77.5 Å². The zero-order chi connectivity index (χ0) is 28.1. The van der Waals surface area contributed by atoms with E-state index >= 15 is 0 Å². The molecule has 5 rings (SSSR count). The number of nitrogens with one attached hydrogen (secondary N) is 1. The lowest BCUT2D eigenvalue weighted by molar-refractivity contribution is -0.131. The van der Waals surface area contributed by atoms with Gasteiger partial charge in [0, 0.05) is 48.6 Å². The maximum absolute atomic E-state index is 13.0. The lowest BCUT2D eigenvalue weighted by atomic mass is 10.0. The quantitative estimate of drug-likeness (QED) is 0.279. The Morgan fingerprint density at radius 2 is 1.88 bits per heavy atom. The minimum atomic E-state index is -0.245. The Morgan fingerprint density at radius 1 is 1.10 bits per heavy atom. The molecule has 40 heavy (non-hydrogen) atoms. The molecule has 2 aromatic heterocycles. The first kappa shape index (κ1) is 28.1. The predicted octanol–water partition coefficient (Wildman–Crippen LogP) is 5.51. The zero-order valence-electron chi connectivity index (χ0n) is 23.7. The minimum absolute atomic E-state index is 0.00628. The van der Waals surface area contributed by atoms with E-state index in [1.54, 1.807) is 11.3 Å². The van der Waals surface area contributed by atoms with E-state index in [9.17, 15) is 9.59 Å². The number of carbonyl (C=O) groups is 2. The van der Waals surface area contributed by atoms with E-state index in [1.807, 2.05) is 29.2 Å². The average molecular weight is 558 g/mol. The van der Waals surface area contributed by atoms with Gasteiger partial charge in [-0.1, -0.05) is 43.3 Å². The summed E-state index contributed by atoms with van der Waals surface area (Å²) in [4.78, 5) is 36.4. The predicted molar refractivity (Wildman–Crippen MR) is 162 cm³/mol. The average Bonchev–Trinajstić information content (AvgIpc) is 3.63. The van der Waals surface area contributed by atoms with Gasteiger partial charge in [-0.3, -0.25) is 14.5 Å². The normalized spacial score (nSPS) is 15.1. The second-order valence-corrected chi connectivity index (χ2v) is 11.8. The van der Waals surface area contributed by atoms with Gasteiger partial charge < -0.3 is 14.8 Å². The molecule has 210 valence electrons. The topological polar surface area (TPSA) is 70.5 Å². The van der Waals surface area contributed by atoms with E-state index in [0.29, 0.717) is 30.7 Å². The van der Waals surface area contributed by atoms with Crippen molar-refractivity contribution in [3.8, 4) is 0 Å². The highest BCUT2D eigenvalue weighted by atomic mass is 32.1. The number of piperidine rings is 1. The summed E-state index contributed by atoms with van der Waals surface area (Å²) >= 11 is 1.73. The molecule has 7 nitrogen and oxygen atoms in total. The zero-order valence-corrected chi connectivity index (χ0v) is 24.5. The largest absolute Gasteiger partial charge is 0.343 e. The van der Waals surface area contributed by atoms with E-state index < -0.39 is 0 Å². The van der Waals surface area contributed by atoms with Crippen LogP contribution in [0.25, 0.3) is 11.0 Å². The molecule has 3 heterocycles. The summed E-state index contributed by atoms with van der Waals surface area (Å²) in [5.74, 6) is 0.737. The molecule has 0 radical (unpaired) electrons. The number of imidazole rings is 1. The molecule has 8 heteroatoms. The van der Waals surface area contributed by atoms with Crippen LogP contribution in [0, 0.1) is 0 Å². The highest BCUT2D eigenvalue weighted by Gasteiger charge is 2.25. The summed E-state index contributed by atoms with van der Waals surface area (Å²) in [6.07, 6.45) is 3.64. The molecule has 1 fully saturated rings. The number of aromatic nitrogens is 2. The van der Waals surface area contributed by atoms with Crippen molar-refractivity contribution in [1.29, 1.82) is 0 Å². The second kappa shape index (κ2) is 12.8. The summed E-state index contributed by atoms with van der Waals surface area (Å²) in [6, 6.07) is 21.1. The van der Waals surface area contributed by atoms with Crippen LogP contribution >= 0.6 is 11.3 Å². The highest BCUT2D eigenvalue weighted by Crippen LogP contribution is 2.27. The minimum Gasteiger partial charge on any atom is -0.343 e. The fourth-order valence-electron chi connectivity index (χ4n) is 5.58. The SMILES string of the molecule is CCC(C)n1c(Cc2cccs2)nc2cc(C(=O)NCC(=O)N3CCC(N(C)Cc4ccccc4)CC3)ccc21. The molecule has 2 amide bonds. The first-order valence-corrected chi connectivity index (χ1v) is 15.1. The number of benzene rings is 2. The van der Waals surface area contributed by atoms with Crippen molar-refractivity contribution in [2.24, 2.45) is 0 Å². The monoisotopic (exact) mass is 557 g/mol. The Morgan fingerprint density at radius 3 is 2.58 bits per heavy atom. The third-order valence-corrected chi connectivity index (χ3v) is 8.96. The summed E-state index contributed by atoms with van der Waals surface area (Å²) in [6.45, 7) is 6.72. The van der Waals surface area contributed by atoms with Gasteiger partial charge in [0.25, 0.3) is 5.91 Å². The van der Waals surface area contributed by atoms with Gasteiger partial charge >= 0.3 is 0 Å². The van der Waals surface area contributed by atoms with Crippen molar-refractivity contribution in [1.82, 2.24) is 24.7 Å². The van der Waals surface area contributed by atoms with Crippen molar-refractivity contribution in [3.63, 3.8) is 0 Å². The molecule has 0 aliphatic carbocycles. The first-order valence-electron chi connectivity index (χ1n) is 14.3. The molecule has 1 saturated heterocycles. The summed E-state index contributed by atoms with van der Waals surface area (Å²) in [5, 5.41) is 4.93. The Kier molecular flexibility index (Phi) is 8.97. The number of likely N-dealkylation sites (tertiary alicyclic amines) is 1. The third kappa shape index (κ3) is 6.45. The number of hydrogen-bond acceptors (Lipinski definition) is 5. The van der Waals surface area contributed by atoms with Crippen LogP contribution in [0.1, 0.15) is 65.8 Å². The number of nitrogens with zero attached hydrogens (tertiary/aromatic N) is 4. The number of amides is 2. The van der Waals surface area contributed by atoms with Crippen molar-refractivity contribution in [2.75, 3.05) is 26.7 Å². The van der Waals surface area contributed by atoms with E-state index in [-0.39, 0.29) is 18.4 Å². The van der Waals surface area contributed by atoms with Crippen LogP contribution in [0.5, 0.6) is 0 Å². The number of rotatable bonds is 10. The van der Waals surface area contributed by atoms with Gasteiger partial charge in [-0.15, -0.1) is 11.3 Å².